The molecule has 2 aromatic carbocycles. The fraction of sp³-hybridized carbons (Fsp3) is 0.294. The number of fused-ring (bicyclic) bond motifs is 2. The van der Waals surface area contributed by atoms with Gasteiger partial charge in [0, 0.05) is 34.7 Å². The van der Waals surface area contributed by atoms with Gasteiger partial charge in [-0.05, 0) is 43.9 Å². The molecule has 2 atom stereocenters. The van der Waals surface area contributed by atoms with Gasteiger partial charge in [0.05, 0.1) is 0 Å². The van der Waals surface area contributed by atoms with Crippen molar-refractivity contribution in [3.05, 3.63) is 93.0 Å². The van der Waals surface area contributed by atoms with E-state index in [1.165, 1.54) is 12.4 Å². The van der Waals surface area contributed by atoms with Crippen molar-refractivity contribution >= 4 is 46.8 Å². The van der Waals surface area contributed by atoms with E-state index in [0.29, 0.717) is 20.9 Å². The molecule has 0 aliphatic heterocycles. The molecule has 240 valence electrons. The van der Waals surface area contributed by atoms with Crippen LogP contribution in [0.4, 0.5) is 0 Å². The zero-order valence-corrected chi connectivity index (χ0v) is 29.1. The zero-order valence-electron chi connectivity index (χ0n) is 26.3. The quantitative estimate of drug-likeness (QED) is 0.307. The van der Waals surface area contributed by atoms with E-state index in [9.17, 15) is 29.4 Å². The number of benzene rings is 2. The first-order chi connectivity index (χ1) is 21.6. The van der Waals surface area contributed by atoms with Gasteiger partial charge in [0.25, 0.3) is 0 Å². The number of rotatable bonds is 7. The van der Waals surface area contributed by atoms with Gasteiger partial charge in [-0.25, -0.2) is 9.59 Å². The van der Waals surface area contributed by atoms with Crippen LogP contribution in [0.15, 0.2) is 72.1 Å². The average molecular weight is 703 g/mol. The summed E-state index contributed by atoms with van der Waals surface area (Å²) in [6.07, 6.45) is 6.18. The number of carboxylic acids is 2. The first-order valence-corrected chi connectivity index (χ1v) is 15.2. The topological polar surface area (TPSA) is 167 Å². The minimum atomic E-state index is -1.05. The van der Waals surface area contributed by atoms with E-state index in [-0.39, 0.29) is 22.3 Å². The van der Waals surface area contributed by atoms with Gasteiger partial charge in [-0.1, -0.05) is 90.1 Å². The van der Waals surface area contributed by atoms with Crippen LogP contribution in [0.3, 0.4) is 0 Å². The molecule has 4 rings (SSSR count). The number of carboxylic acid groups (broad SMARTS) is 2. The molecule has 0 aromatic heterocycles. The van der Waals surface area contributed by atoms with E-state index in [1.54, 1.807) is 78.0 Å². The van der Waals surface area contributed by atoms with Gasteiger partial charge in [0.1, 0.15) is 12.1 Å². The molecule has 0 saturated heterocycles. The molecule has 0 bridgehead atoms. The average Bonchev–Trinajstić information content (AvgIpc) is 2.99. The molecule has 4 N–H and O–H groups in total. The normalized spacial score (nSPS) is 17.0. The molecule has 46 heavy (non-hydrogen) atoms. The summed E-state index contributed by atoms with van der Waals surface area (Å²) in [6.45, 7) is 10.7. The van der Waals surface area contributed by atoms with Crippen molar-refractivity contribution in [3.8, 4) is 0 Å². The molecular weight excluding hydrogens is 666 g/mol. The van der Waals surface area contributed by atoms with Gasteiger partial charge >= 0.3 is 54.0 Å². The van der Waals surface area contributed by atoms with Crippen LogP contribution in [0, 0.1) is 10.8 Å². The fourth-order valence-corrected chi connectivity index (χ4v) is 5.14. The monoisotopic (exact) mass is 702 g/mol. The number of hydrogen-bond donors (Lipinski definition) is 4. The number of allylic oxidation sites excluding steroid dienone is 2. The molecule has 2 aliphatic carbocycles. The van der Waals surface area contributed by atoms with Crippen molar-refractivity contribution in [2.75, 3.05) is 0 Å². The Morgan fingerprint density at radius 1 is 0.630 bits per heavy atom. The first-order valence-electron chi connectivity index (χ1n) is 14.1. The summed E-state index contributed by atoms with van der Waals surface area (Å²) in [7, 11) is 0. The van der Waals surface area contributed by atoms with Crippen LogP contribution in [0.2, 0.25) is 0 Å². The summed E-state index contributed by atoms with van der Waals surface area (Å²) < 4.78 is 16.4. The van der Waals surface area contributed by atoms with Crippen LogP contribution in [-0.2, 0) is 61.3 Å². The summed E-state index contributed by atoms with van der Waals surface area (Å²) in [6, 6.07) is 12.5. The van der Waals surface area contributed by atoms with Crippen LogP contribution in [0.1, 0.15) is 41.5 Å². The number of Topliss-reactive ketones (excluding diaryl/α,β-unsaturated/α-hetero) is 2. The molecule has 0 radical (unpaired) electrons. The van der Waals surface area contributed by atoms with Crippen LogP contribution in [0.25, 0.3) is 23.3 Å². The van der Waals surface area contributed by atoms with Crippen molar-refractivity contribution < 1.29 is 71.5 Å². The summed E-state index contributed by atoms with van der Waals surface area (Å²) >= 11 is 2.12. The molecule has 12 heteroatoms. The van der Waals surface area contributed by atoms with Crippen molar-refractivity contribution in [2.24, 2.45) is 10.8 Å². The van der Waals surface area contributed by atoms with Crippen molar-refractivity contribution in [1.82, 2.24) is 10.6 Å². The van der Waals surface area contributed by atoms with Crippen molar-refractivity contribution in [2.45, 2.75) is 53.6 Å². The second-order valence-electron chi connectivity index (χ2n) is 12.7. The third-order valence-corrected chi connectivity index (χ3v) is 7.35. The molecule has 0 amide bonds. The van der Waals surface area contributed by atoms with Gasteiger partial charge in [0.15, 0.2) is 11.6 Å². The fourth-order valence-electron chi connectivity index (χ4n) is 5.14. The van der Waals surface area contributed by atoms with Crippen LogP contribution in [0.5, 0.6) is 0 Å². The number of nitrogens with one attached hydrogen (secondary N) is 2. The Kier molecular flexibility index (Phi) is 13.3. The molecule has 10 nitrogen and oxygen atoms in total. The molecular formula is C34H36N2O8V2. The summed E-state index contributed by atoms with van der Waals surface area (Å²) in [5.41, 5.74) is -0.442. The van der Waals surface area contributed by atoms with E-state index in [2.05, 4.69) is 10.6 Å². The van der Waals surface area contributed by atoms with E-state index < -0.39 is 46.4 Å². The van der Waals surface area contributed by atoms with Gasteiger partial charge in [-0.15, -0.1) is 0 Å². The Labute approximate surface area is 285 Å². The standard InChI is InChI=1S/C34H36N2O6.2O.2V/c1-33(2,3)29(31(39)40)35-17-21-15-19-11-7-9-13-23(19)25(27(21)37)26-24-14-10-8-12-20(24)16-22(28(26)38)18-36-30(32(41)42)34(4,5)6;;;;/h7-18,29-30,35-36H,1-6H3,(H,39,40)(H,41,42);;;;/b21-17+,22-18+;;;;/t29-,30-;;;;/m1..../s1. The van der Waals surface area contributed by atoms with Crippen LogP contribution >= 0.6 is 0 Å². The Bertz CT molecular complexity index is 1710. The van der Waals surface area contributed by atoms with Gasteiger partial charge in [0.2, 0.25) is 0 Å². The predicted octanol–water partition coefficient (Wildman–Crippen LogP) is 1.12. The van der Waals surface area contributed by atoms with E-state index >= 15 is 0 Å². The van der Waals surface area contributed by atoms with Gasteiger partial charge in [-0.2, -0.15) is 0 Å². The molecule has 2 aliphatic rings. The van der Waals surface area contributed by atoms with E-state index in [1.807, 2.05) is 24.3 Å². The zero-order chi connectivity index (χ0) is 35.0. The van der Waals surface area contributed by atoms with Gasteiger partial charge in [-0.3, -0.25) is 9.59 Å². The number of carbonyl (C=O) groups excluding carboxylic acids is 2. The second kappa shape index (κ2) is 16.0. The molecule has 0 fully saturated rings. The Hall–Kier alpha value is -3.95. The van der Waals surface area contributed by atoms with Crippen LogP contribution < -0.4 is 31.5 Å². The third-order valence-electron chi connectivity index (χ3n) is 7.35. The number of aliphatic carboxylic acids is 2. The van der Waals surface area contributed by atoms with Crippen molar-refractivity contribution in [1.29, 1.82) is 0 Å². The number of carbonyl (C=O) groups is 4. The van der Waals surface area contributed by atoms with E-state index in [4.69, 9.17) is 7.35 Å². The Morgan fingerprint density at radius 3 is 1.22 bits per heavy atom. The Balaban J connectivity index is 0.00000177. The number of hydrogen-bond acceptors (Lipinski definition) is 8. The van der Waals surface area contributed by atoms with Crippen LogP contribution in [-0.4, -0.2) is 45.8 Å². The summed E-state index contributed by atoms with van der Waals surface area (Å²) in [5, 5.41) is 27.9. The molecule has 0 saturated carbocycles. The van der Waals surface area contributed by atoms with Gasteiger partial charge < -0.3 is 20.8 Å². The second-order valence-corrected chi connectivity index (χ2v) is 12.7. The first kappa shape index (κ1) is 38.2. The van der Waals surface area contributed by atoms with Crippen molar-refractivity contribution in [3.63, 3.8) is 0 Å². The third kappa shape index (κ3) is 8.64. The molecule has 2 aromatic rings. The number of ketones is 2. The maximum absolute atomic E-state index is 14.1. The minimum absolute atomic E-state index is 0.200. The Morgan fingerprint density at radius 2 is 0.935 bits per heavy atom. The summed E-state index contributed by atoms with van der Waals surface area (Å²) in [5.74, 6) is -2.95. The maximum atomic E-state index is 14.1. The SMILES string of the molecule is CC(C)(C)[C@H](N/C=C1\C=c2ccccc2=C(C2=c3ccccc3=C/C(=C\N[C@H](C(=O)O)C(C)(C)C)C2=O)C1=O)C(=O)O.[O]=[V].[O]=[V]. The molecule has 0 spiro atoms. The molecule has 0 heterocycles. The summed E-state index contributed by atoms with van der Waals surface area (Å²) in [4.78, 5) is 52.2. The van der Waals surface area contributed by atoms with E-state index in [0.717, 1.165) is 34.7 Å². The predicted molar refractivity (Wildman–Crippen MR) is 163 cm³/mol. The molecule has 0 unspecified atom stereocenters.